The first-order valence-electron chi connectivity index (χ1n) is 13.6. The number of rotatable bonds is 6. The largest absolute Gasteiger partial charge is 0.459 e. The third-order valence-corrected chi connectivity index (χ3v) is 7.14. The van der Waals surface area contributed by atoms with Crippen molar-refractivity contribution >= 4 is 34.4 Å². The predicted molar refractivity (Wildman–Crippen MR) is 167 cm³/mol. The molecule has 9 heteroatoms. The van der Waals surface area contributed by atoms with Gasteiger partial charge in [0.1, 0.15) is 18.0 Å². The number of esters is 1. The molecule has 1 heterocycles. The van der Waals surface area contributed by atoms with Crippen LogP contribution in [0.4, 0.5) is 4.39 Å². The number of halogens is 2. The maximum Gasteiger partial charge on any atom is 0.325 e. The van der Waals surface area contributed by atoms with Gasteiger partial charge in [-0.3, -0.25) is 9.59 Å². The summed E-state index contributed by atoms with van der Waals surface area (Å²) in [5.74, 6) is -1.48. The number of fused-ring (bicyclic) bond motifs is 1. The van der Waals surface area contributed by atoms with Gasteiger partial charge in [-0.2, -0.15) is 10.5 Å². The van der Waals surface area contributed by atoms with E-state index in [2.05, 4.69) is 22.4 Å². The molecule has 2 N–H and O–H groups in total. The summed E-state index contributed by atoms with van der Waals surface area (Å²) in [5.41, 5.74) is 4.46. The number of aromatic nitrogens is 1. The van der Waals surface area contributed by atoms with E-state index in [-0.39, 0.29) is 23.2 Å². The molecule has 0 spiro atoms. The minimum atomic E-state index is -0.664. The highest BCUT2D eigenvalue weighted by atomic mass is 35.5. The fourth-order valence-corrected chi connectivity index (χ4v) is 5.30. The van der Waals surface area contributed by atoms with Crippen LogP contribution < -0.4 is 5.32 Å². The Morgan fingerprint density at radius 2 is 1.59 bits per heavy atom. The lowest BCUT2D eigenvalue weighted by Gasteiger charge is -2.19. The molecular weight excluding hydrogens is 579 g/mol. The van der Waals surface area contributed by atoms with Crippen molar-refractivity contribution in [3.05, 3.63) is 106 Å². The number of carbonyl (C=O) groups excluding carboxylic acids is 2. The smallest absolute Gasteiger partial charge is 0.325 e. The Morgan fingerprint density at radius 1 is 0.909 bits per heavy atom. The van der Waals surface area contributed by atoms with E-state index in [1.54, 1.807) is 57.2 Å². The lowest BCUT2D eigenvalue weighted by molar-refractivity contribution is -0.153. The number of H-pyrrole nitrogens is 1. The summed E-state index contributed by atoms with van der Waals surface area (Å²) in [7, 11) is 0. The zero-order valence-electron chi connectivity index (χ0n) is 24.1. The normalized spacial score (nSPS) is 11.1. The second-order valence-electron chi connectivity index (χ2n) is 11.1. The van der Waals surface area contributed by atoms with Crippen LogP contribution in [0.3, 0.4) is 0 Å². The number of aromatic amines is 1. The lowest BCUT2D eigenvalue weighted by Crippen LogP contribution is -2.34. The summed E-state index contributed by atoms with van der Waals surface area (Å²) in [6.45, 7) is 4.95. The van der Waals surface area contributed by atoms with Gasteiger partial charge in [-0.15, -0.1) is 0 Å². The van der Waals surface area contributed by atoms with Crippen molar-refractivity contribution in [2.45, 2.75) is 26.4 Å². The fourth-order valence-electron chi connectivity index (χ4n) is 5.01. The monoisotopic (exact) mass is 604 g/mol. The van der Waals surface area contributed by atoms with E-state index in [9.17, 15) is 24.5 Å². The van der Waals surface area contributed by atoms with Crippen LogP contribution in [0.25, 0.3) is 44.4 Å². The number of nitriles is 2. The molecule has 0 aliphatic rings. The van der Waals surface area contributed by atoms with Gasteiger partial charge in [0.2, 0.25) is 0 Å². The minimum absolute atomic E-state index is 0.274. The zero-order chi connectivity index (χ0) is 31.6. The number of carbonyl (C=O) groups is 2. The standard InChI is InChI=1S/C35H26ClFN4O3/c1-35(2,3)44-30(42)19-40-34(43)22-10-12-26(28(36)15-22)20-6-4-7-21(14-20)33-32(27-16-25(37)11-13-29(27)41-33)31-23(17-38)8-5-9-24(31)18-39/h4-16,41H,19H2,1-3H3,(H,40,43). The Balaban J connectivity index is 1.54. The van der Waals surface area contributed by atoms with Crippen LogP contribution >= 0.6 is 11.6 Å². The summed E-state index contributed by atoms with van der Waals surface area (Å²) in [6.07, 6.45) is 0. The van der Waals surface area contributed by atoms with Crippen LogP contribution in [-0.4, -0.2) is 29.0 Å². The van der Waals surface area contributed by atoms with Crippen molar-refractivity contribution in [3.63, 3.8) is 0 Å². The number of hydrogen-bond donors (Lipinski definition) is 2. The zero-order valence-corrected chi connectivity index (χ0v) is 24.8. The van der Waals surface area contributed by atoms with E-state index in [1.165, 1.54) is 18.2 Å². The van der Waals surface area contributed by atoms with Gasteiger partial charge >= 0.3 is 5.97 Å². The number of amides is 1. The van der Waals surface area contributed by atoms with Gasteiger partial charge in [0.25, 0.3) is 5.91 Å². The van der Waals surface area contributed by atoms with E-state index >= 15 is 0 Å². The van der Waals surface area contributed by atoms with Crippen LogP contribution in [0.5, 0.6) is 0 Å². The maximum atomic E-state index is 14.5. The van der Waals surface area contributed by atoms with E-state index in [4.69, 9.17) is 16.3 Å². The molecule has 1 aromatic heterocycles. The van der Waals surface area contributed by atoms with E-state index in [0.29, 0.717) is 43.9 Å². The van der Waals surface area contributed by atoms with E-state index in [1.807, 2.05) is 24.3 Å². The molecule has 0 radical (unpaired) electrons. The third-order valence-electron chi connectivity index (χ3n) is 6.82. The first-order chi connectivity index (χ1) is 21.0. The highest BCUT2D eigenvalue weighted by molar-refractivity contribution is 6.33. The second kappa shape index (κ2) is 12.0. The number of benzene rings is 4. The second-order valence-corrected chi connectivity index (χ2v) is 11.5. The van der Waals surface area contributed by atoms with Crippen molar-refractivity contribution in [2.75, 3.05) is 6.54 Å². The van der Waals surface area contributed by atoms with Crippen LogP contribution in [0.15, 0.2) is 78.9 Å². The summed E-state index contributed by atoms with van der Waals surface area (Å²) in [5, 5.41) is 23.2. The van der Waals surface area contributed by atoms with Crippen molar-refractivity contribution in [1.29, 1.82) is 10.5 Å². The highest BCUT2D eigenvalue weighted by Crippen LogP contribution is 2.42. The Morgan fingerprint density at radius 3 is 2.25 bits per heavy atom. The van der Waals surface area contributed by atoms with Gasteiger partial charge in [0.05, 0.1) is 29.0 Å². The van der Waals surface area contributed by atoms with Crippen molar-refractivity contribution in [1.82, 2.24) is 10.3 Å². The summed E-state index contributed by atoms with van der Waals surface area (Å²) in [4.78, 5) is 28.0. The molecule has 0 unspecified atom stereocenters. The minimum Gasteiger partial charge on any atom is -0.459 e. The molecule has 5 aromatic rings. The lowest BCUT2D eigenvalue weighted by atomic mass is 9.90. The maximum absolute atomic E-state index is 14.5. The number of hydrogen-bond acceptors (Lipinski definition) is 5. The first-order valence-corrected chi connectivity index (χ1v) is 14.0. The van der Waals surface area contributed by atoms with Gasteiger partial charge < -0.3 is 15.0 Å². The van der Waals surface area contributed by atoms with Crippen molar-refractivity contribution in [2.24, 2.45) is 0 Å². The van der Waals surface area contributed by atoms with Crippen LogP contribution in [-0.2, 0) is 9.53 Å². The topological polar surface area (TPSA) is 119 Å². The molecule has 0 aliphatic heterocycles. The molecule has 0 fully saturated rings. The van der Waals surface area contributed by atoms with Gasteiger partial charge in [-0.1, -0.05) is 41.9 Å². The first kappa shape index (κ1) is 30.0. The number of ether oxygens (including phenoxy) is 1. The van der Waals surface area contributed by atoms with Gasteiger partial charge in [-0.05, 0) is 80.4 Å². The molecule has 0 saturated heterocycles. The molecule has 0 saturated carbocycles. The van der Waals surface area contributed by atoms with Crippen molar-refractivity contribution in [3.8, 4) is 45.6 Å². The molecule has 0 aliphatic carbocycles. The average molecular weight is 605 g/mol. The van der Waals surface area contributed by atoms with Crippen LogP contribution in [0.2, 0.25) is 5.02 Å². The Bertz CT molecular complexity index is 2000. The average Bonchev–Trinajstić information content (AvgIpc) is 3.36. The Labute approximate surface area is 258 Å². The fraction of sp³-hybridized carbons (Fsp3) is 0.143. The van der Waals surface area contributed by atoms with E-state index < -0.39 is 23.3 Å². The predicted octanol–water partition coefficient (Wildman–Crippen LogP) is 7.78. The molecule has 0 atom stereocenters. The summed E-state index contributed by atoms with van der Waals surface area (Å²) < 4.78 is 19.7. The molecule has 7 nitrogen and oxygen atoms in total. The molecule has 44 heavy (non-hydrogen) atoms. The van der Waals surface area contributed by atoms with Crippen LogP contribution in [0.1, 0.15) is 42.3 Å². The third kappa shape index (κ3) is 6.17. The quantitative estimate of drug-likeness (QED) is 0.192. The molecule has 4 aromatic carbocycles. The SMILES string of the molecule is CC(C)(C)OC(=O)CNC(=O)c1ccc(-c2cccc(-c3[nH]c4ccc(F)cc4c3-c3c(C#N)cccc3C#N)c2)c(Cl)c1. The molecular formula is C35H26ClFN4O3. The molecule has 218 valence electrons. The number of nitrogens with zero attached hydrogens (tertiary/aromatic N) is 2. The molecule has 1 amide bonds. The van der Waals surface area contributed by atoms with Crippen molar-refractivity contribution < 1.29 is 18.7 Å². The van der Waals surface area contributed by atoms with Crippen LogP contribution in [0, 0.1) is 28.5 Å². The Hall–Kier alpha value is -5.44. The molecule has 0 bridgehead atoms. The highest BCUT2D eigenvalue weighted by Gasteiger charge is 2.22. The summed E-state index contributed by atoms with van der Waals surface area (Å²) >= 11 is 6.65. The van der Waals surface area contributed by atoms with Gasteiger partial charge in [-0.25, -0.2) is 4.39 Å². The van der Waals surface area contributed by atoms with Gasteiger partial charge in [0.15, 0.2) is 0 Å². The number of nitrogens with one attached hydrogen (secondary N) is 2. The Kier molecular flexibility index (Phi) is 8.22. The van der Waals surface area contributed by atoms with E-state index in [0.717, 1.165) is 5.56 Å². The summed E-state index contributed by atoms with van der Waals surface area (Å²) in [6, 6.07) is 25.8. The molecule has 5 rings (SSSR count). The van der Waals surface area contributed by atoms with Gasteiger partial charge in [0, 0.05) is 38.2 Å².